The summed E-state index contributed by atoms with van der Waals surface area (Å²) < 4.78 is 0. The summed E-state index contributed by atoms with van der Waals surface area (Å²) in [5.74, 6) is 1.42. The van der Waals surface area contributed by atoms with Crippen LogP contribution >= 0.6 is 0 Å². The van der Waals surface area contributed by atoms with E-state index in [9.17, 15) is 4.79 Å². The lowest BCUT2D eigenvalue weighted by Gasteiger charge is -2.13. The highest BCUT2D eigenvalue weighted by Gasteiger charge is 2.16. The van der Waals surface area contributed by atoms with Gasteiger partial charge in [-0.15, -0.1) is 6.42 Å². The van der Waals surface area contributed by atoms with Crippen LogP contribution in [-0.2, 0) is 4.79 Å². The number of terminal acetylenes is 1. The molecule has 1 N–H and O–H groups in total. The number of carbonyl (C=O) groups is 1. The van der Waals surface area contributed by atoms with Gasteiger partial charge in [-0.1, -0.05) is 0 Å². The smallest absolute Gasteiger partial charge is 0.295 e. The molecule has 0 saturated carbocycles. The minimum absolute atomic E-state index is 0.284. The number of carbonyl (C=O) groups excluding carboxylic acids is 1. The third kappa shape index (κ3) is 4.00. The molecule has 0 aliphatic heterocycles. The van der Waals surface area contributed by atoms with Gasteiger partial charge in [0.15, 0.2) is 0 Å². The minimum atomic E-state index is -0.549. The van der Waals surface area contributed by atoms with E-state index < -0.39 is 11.3 Å². The molecule has 0 heterocycles. The predicted octanol–water partition coefficient (Wildman–Crippen LogP) is 0.286. The molecule has 0 radical (unpaired) electrons. The highest BCUT2D eigenvalue weighted by molar-refractivity contribution is 5.92. The van der Waals surface area contributed by atoms with Crippen molar-refractivity contribution in [3.63, 3.8) is 0 Å². The second kappa shape index (κ2) is 3.63. The van der Waals surface area contributed by atoms with Gasteiger partial charge in [0.1, 0.15) is 0 Å². The Balaban J connectivity index is 3.84. The van der Waals surface area contributed by atoms with Crippen LogP contribution in [0.15, 0.2) is 0 Å². The molecular formula is C8H10N2O. The lowest BCUT2D eigenvalue weighted by Crippen LogP contribution is -2.32. The van der Waals surface area contributed by atoms with Gasteiger partial charge in [0, 0.05) is 6.54 Å². The van der Waals surface area contributed by atoms with Crippen molar-refractivity contribution in [2.75, 3.05) is 6.54 Å². The van der Waals surface area contributed by atoms with Crippen molar-refractivity contribution in [2.24, 2.45) is 5.41 Å². The minimum Gasteiger partial charge on any atom is -0.344 e. The molecule has 11 heavy (non-hydrogen) atoms. The Morgan fingerprint density at radius 3 is 2.64 bits per heavy atom. The molecule has 58 valence electrons. The van der Waals surface area contributed by atoms with Crippen molar-refractivity contribution in [3.05, 3.63) is 0 Å². The van der Waals surface area contributed by atoms with Gasteiger partial charge in [-0.2, -0.15) is 5.26 Å². The first-order valence-corrected chi connectivity index (χ1v) is 3.17. The molecule has 0 fully saturated rings. The van der Waals surface area contributed by atoms with Crippen LogP contribution in [0.5, 0.6) is 0 Å². The highest BCUT2D eigenvalue weighted by Crippen LogP contribution is 2.09. The average molecular weight is 150 g/mol. The highest BCUT2D eigenvalue weighted by atomic mass is 16.1. The molecule has 0 atom stereocenters. The molecule has 3 heteroatoms. The number of nitrogens with one attached hydrogen (secondary N) is 1. The largest absolute Gasteiger partial charge is 0.344 e. The van der Waals surface area contributed by atoms with Crippen LogP contribution in [0, 0.1) is 29.1 Å². The van der Waals surface area contributed by atoms with Crippen molar-refractivity contribution >= 4 is 5.91 Å². The van der Waals surface area contributed by atoms with Gasteiger partial charge in [-0.05, 0) is 19.8 Å². The fourth-order valence-corrected chi connectivity index (χ4v) is 0.392. The quantitative estimate of drug-likeness (QED) is 0.575. The second-order valence-corrected chi connectivity index (χ2v) is 2.82. The van der Waals surface area contributed by atoms with Gasteiger partial charge in [0.05, 0.1) is 11.5 Å². The summed E-state index contributed by atoms with van der Waals surface area (Å²) in [5, 5.41) is 11.0. The zero-order valence-electron chi connectivity index (χ0n) is 6.64. The standard InChI is InChI=1S/C8H10N2O/c1-4-7(11)10-6-8(2,3)5-9/h1H,6H2,2-3H3,(H,10,11). The van der Waals surface area contributed by atoms with Gasteiger partial charge >= 0.3 is 0 Å². The van der Waals surface area contributed by atoms with Crippen LogP contribution in [0.25, 0.3) is 0 Å². The van der Waals surface area contributed by atoms with Crippen LogP contribution in [0.4, 0.5) is 0 Å². The molecule has 0 aliphatic rings. The topological polar surface area (TPSA) is 52.9 Å². The molecule has 0 bridgehead atoms. The summed E-state index contributed by atoms with van der Waals surface area (Å²) >= 11 is 0. The molecular weight excluding hydrogens is 140 g/mol. The van der Waals surface area contributed by atoms with Gasteiger partial charge in [-0.3, -0.25) is 4.79 Å². The molecule has 0 aromatic rings. The number of rotatable bonds is 2. The molecule has 0 spiro atoms. The first-order chi connectivity index (χ1) is 5.02. The van der Waals surface area contributed by atoms with Crippen molar-refractivity contribution in [2.45, 2.75) is 13.8 Å². The van der Waals surface area contributed by atoms with E-state index in [2.05, 4.69) is 5.32 Å². The zero-order chi connectivity index (χ0) is 8.91. The molecule has 0 aliphatic carbocycles. The summed E-state index contributed by atoms with van der Waals surface area (Å²) in [6.07, 6.45) is 4.80. The van der Waals surface area contributed by atoms with E-state index in [1.165, 1.54) is 0 Å². The Morgan fingerprint density at radius 2 is 2.27 bits per heavy atom. The summed E-state index contributed by atoms with van der Waals surface area (Å²) in [5.41, 5.74) is -0.549. The van der Waals surface area contributed by atoms with E-state index in [4.69, 9.17) is 11.7 Å². The SMILES string of the molecule is C#CC(=O)NCC(C)(C)C#N. The van der Waals surface area contributed by atoms with Crippen molar-refractivity contribution in [1.29, 1.82) is 5.26 Å². The molecule has 1 amide bonds. The predicted molar refractivity (Wildman–Crippen MR) is 41.2 cm³/mol. The maximum atomic E-state index is 10.5. The zero-order valence-corrected chi connectivity index (χ0v) is 6.64. The maximum Gasteiger partial charge on any atom is 0.295 e. The summed E-state index contributed by atoms with van der Waals surface area (Å²) in [4.78, 5) is 10.5. The lowest BCUT2D eigenvalue weighted by molar-refractivity contribution is -0.115. The number of hydrogen-bond acceptors (Lipinski definition) is 2. The van der Waals surface area contributed by atoms with Crippen LogP contribution in [0.1, 0.15) is 13.8 Å². The van der Waals surface area contributed by atoms with Gasteiger partial charge in [0.2, 0.25) is 0 Å². The first kappa shape index (κ1) is 9.52. The summed E-state index contributed by atoms with van der Waals surface area (Å²) in [6, 6.07) is 2.04. The van der Waals surface area contributed by atoms with Gasteiger partial charge in [0.25, 0.3) is 5.91 Å². The number of amides is 1. The Kier molecular flexibility index (Phi) is 3.14. The number of hydrogen-bond donors (Lipinski definition) is 1. The van der Waals surface area contributed by atoms with E-state index in [-0.39, 0.29) is 6.54 Å². The van der Waals surface area contributed by atoms with Gasteiger partial charge < -0.3 is 5.32 Å². The number of nitriles is 1. The molecule has 0 aromatic heterocycles. The third-order valence-corrected chi connectivity index (χ3v) is 1.12. The van der Waals surface area contributed by atoms with Crippen LogP contribution in [-0.4, -0.2) is 12.5 Å². The molecule has 0 rings (SSSR count). The monoisotopic (exact) mass is 150 g/mol. The van der Waals surface area contributed by atoms with Crippen molar-refractivity contribution in [3.8, 4) is 18.4 Å². The molecule has 0 saturated heterocycles. The van der Waals surface area contributed by atoms with Crippen LogP contribution < -0.4 is 5.32 Å². The lowest BCUT2D eigenvalue weighted by atomic mass is 9.96. The average Bonchev–Trinajstić information content (AvgIpc) is 2.00. The normalized spacial score (nSPS) is 9.45. The second-order valence-electron chi connectivity index (χ2n) is 2.82. The van der Waals surface area contributed by atoms with Crippen LogP contribution in [0.3, 0.4) is 0 Å². The fraction of sp³-hybridized carbons (Fsp3) is 0.500. The van der Waals surface area contributed by atoms with E-state index in [0.717, 1.165) is 0 Å². The molecule has 3 nitrogen and oxygen atoms in total. The summed E-state index contributed by atoms with van der Waals surface area (Å²) in [6.45, 7) is 3.74. The fourth-order valence-electron chi connectivity index (χ4n) is 0.392. The Hall–Kier alpha value is -1.48. The van der Waals surface area contributed by atoms with Crippen molar-refractivity contribution in [1.82, 2.24) is 5.32 Å². The van der Waals surface area contributed by atoms with Crippen molar-refractivity contribution < 1.29 is 4.79 Å². The van der Waals surface area contributed by atoms with Crippen LogP contribution in [0.2, 0.25) is 0 Å². The van der Waals surface area contributed by atoms with E-state index in [1.54, 1.807) is 13.8 Å². The summed E-state index contributed by atoms with van der Waals surface area (Å²) in [7, 11) is 0. The Morgan fingerprint density at radius 1 is 1.73 bits per heavy atom. The Bertz CT molecular complexity index is 229. The third-order valence-electron chi connectivity index (χ3n) is 1.12. The molecule has 0 unspecified atom stereocenters. The van der Waals surface area contributed by atoms with E-state index >= 15 is 0 Å². The maximum absolute atomic E-state index is 10.5. The Labute approximate surface area is 66.4 Å². The number of nitrogens with zero attached hydrogens (tertiary/aromatic N) is 1. The van der Waals surface area contributed by atoms with E-state index in [0.29, 0.717) is 0 Å². The molecule has 0 aromatic carbocycles. The van der Waals surface area contributed by atoms with Gasteiger partial charge in [-0.25, -0.2) is 0 Å². The first-order valence-electron chi connectivity index (χ1n) is 3.17. The van der Waals surface area contributed by atoms with E-state index in [1.807, 2.05) is 12.0 Å².